The van der Waals surface area contributed by atoms with Gasteiger partial charge in [0.05, 0.1) is 10.5 Å². The molecule has 0 saturated carbocycles. The number of likely N-dealkylation sites (N-methyl/N-ethyl adjacent to an activating group) is 1. The van der Waals surface area contributed by atoms with Crippen molar-refractivity contribution in [1.29, 1.82) is 5.26 Å². The maximum absolute atomic E-state index is 13.0. The van der Waals surface area contributed by atoms with Gasteiger partial charge in [-0.2, -0.15) is 9.57 Å². The fourth-order valence-electron chi connectivity index (χ4n) is 1.21. The van der Waals surface area contributed by atoms with Gasteiger partial charge in [-0.3, -0.25) is 4.79 Å². The average molecular weight is 272 g/mol. The summed E-state index contributed by atoms with van der Waals surface area (Å²) in [7, 11) is -2.97. The van der Waals surface area contributed by atoms with Gasteiger partial charge in [0.1, 0.15) is 18.4 Å². The normalized spacial score (nSPS) is 11.2. The molecule has 1 aromatic rings. The maximum atomic E-state index is 13.0. The van der Waals surface area contributed by atoms with Gasteiger partial charge in [0.2, 0.25) is 10.0 Å². The molecule has 0 unspecified atom stereocenters. The summed E-state index contributed by atoms with van der Waals surface area (Å²) in [6.07, 6.45) is 0. The van der Waals surface area contributed by atoms with Crippen LogP contribution in [0, 0.1) is 17.1 Å². The van der Waals surface area contributed by atoms with E-state index in [1.807, 2.05) is 0 Å². The molecule has 0 heterocycles. The SMILES string of the molecule is CN(CC(=O)O)S(=O)(=O)c1ccc(F)c(C#N)c1. The number of hydrogen-bond donors (Lipinski definition) is 1. The molecule has 0 radical (unpaired) electrons. The van der Waals surface area contributed by atoms with Crippen LogP contribution >= 0.6 is 0 Å². The number of halogens is 1. The number of nitrogens with zero attached hydrogens (tertiary/aromatic N) is 2. The Hall–Kier alpha value is -1.98. The van der Waals surface area contributed by atoms with Crippen LogP contribution in [0.25, 0.3) is 0 Å². The Morgan fingerprint density at radius 3 is 2.67 bits per heavy atom. The van der Waals surface area contributed by atoms with E-state index in [1.165, 1.54) is 6.07 Å². The summed E-state index contributed by atoms with van der Waals surface area (Å²) in [5.41, 5.74) is -0.417. The van der Waals surface area contributed by atoms with E-state index >= 15 is 0 Å². The lowest BCUT2D eigenvalue weighted by atomic mass is 10.2. The number of aliphatic carboxylic acids is 1. The van der Waals surface area contributed by atoms with Gasteiger partial charge >= 0.3 is 5.97 Å². The molecule has 0 aliphatic heterocycles. The van der Waals surface area contributed by atoms with Crippen molar-refractivity contribution in [2.75, 3.05) is 13.6 Å². The van der Waals surface area contributed by atoms with Crippen molar-refractivity contribution < 1.29 is 22.7 Å². The van der Waals surface area contributed by atoms with Crippen LogP contribution in [-0.4, -0.2) is 37.4 Å². The summed E-state index contributed by atoms with van der Waals surface area (Å²) in [5.74, 6) is -2.15. The van der Waals surface area contributed by atoms with Gasteiger partial charge in [0.15, 0.2) is 0 Å². The highest BCUT2D eigenvalue weighted by molar-refractivity contribution is 7.89. The molecule has 1 N–H and O–H groups in total. The summed E-state index contributed by atoms with van der Waals surface area (Å²) in [5, 5.41) is 17.1. The number of sulfonamides is 1. The highest BCUT2D eigenvalue weighted by Gasteiger charge is 2.23. The minimum atomic E-state index is -4.05. The molecule has 0 aromatic heterocycles. The fraction of sp³-hybridized carbons (Fsp3) is 0.200. The van der Waals surface area contributed by atoms with Gasteiger partial charge in [0.25, 0.3) is 0 Å². The van der Waals surface area contributed by atoms with Crippen LogP contribution in [0.3, 0.4) is 0 Å². The van der Waals surface area contributed by atoms with Crippen LogP contribution in [0.4, 0.5) is 4.39 Å². The van der Waals surface area contributed by atoms with E-state index in [2.05, 4.69) is 0 Å². The van der Waals surface area contributed by atoms with Crippen LogP contribution in [0.15, 0.2) is 23.1 Å². The molecule has 0 saturated heterocycles. The van der Waals surface area contributed by atoms with Gasteiger partial charge in [-0.05, 0) is 18.2 Å². The Morgan fingerprint density at radius 2 is 2.17 bits per heavy atom. The topological polar surface area (TPSA) is 98.5 Å². The largest absolute Gasteiger partial charge is 0.480 e. The first kappa shape index (κ1) is 14.1. The van der Waals surface area contributed by atoms with Crippen molar-refractivity contribution in [1.82, 2.24) is 4.31 Å². The molecule has 96 valence electrons. The lowest BCUT2D eigenvalue weighted by molar-refractivity contribution is -0.137. The van der Waals surface area contributed by atoms with E-state index in [0.29, 0.717) is 4.31 Å². The molecule has 0 aliphatic rings. The number of hydrogen-bond acceptors (Lipinski definition) is 4. The van der Waals surface area contributed by atoms with E-state index in [9.17, 15) is 17.6 Å². The number of carboxylic acid groups (broad SMARTS) is 1. The Kier molecular flexibility index (Phi) is 4.00. The number of benzene rings is 1. The second kappa shape index (κ2) is 5.12. The average Bonchev–Trinajstić information content (AvgIpc) is 2.28. The monoisotopic (exact) mass is 272 g/mol. The van der Waals surface area contributed by atoms with Crippen LogP contribution in [0.1, 0.15) is 5.56 Å². The molecule has 0 atom stereocenters. The standard InChI is InChI=1S/C10H9FN2O4S/c1-13(6-10(14)15)18(16,17)8-2-3-9(11)7(4-8)5-12/h2-4H,6H2,1H3,(H,14,15). The van der Waals surface area contributed by atoms with Crippen LogP contribution < -0.4 is 0 Å². The van der Waals surface area contributed by atoms with Gasteiger partial charge in [-0.15, -0.1) is 0 Å². The maximum Gasteiger partial charge on any atom is 0.318 e. The summed E-state index contributed by atoms with van der Waals surface area (Å²) in [6.45, 7) is -0.721. The van der Waals surface area contributed by atoms with Crippen molar-refractivity contribution in [2.45, 2.75) is 4.90 Å². The molecular weight excluding hydrogens is 263 g/mol. The fourth-order valence-corrected chi connectivity index (χ4v) is 2.35. The number of carboxylic acids is 1. The zero-order chi connectivity index (χ0) is 13.9. The Labute approximate surface area is 103 Å². The third kappa shape index (κ3) is 2.82. The molecule has 0 aliphatic carbocycles. The second-order valence-electron chi connectivity index (χ2n) is 3.41. The minimum Gasteiger partial charge on any atom is -0.480 e. The smallest absolute Gasteiger partial charge is 0.318 e. The third-order valence-corrected chi connectivity index (χ3v) is 3.92. The zero-order valence-corrected chi connectivity index (χ0v) is 10.1. The van der Waals surface area contributed by atoms with Gasteiger partial charge in [-0.25, -0.2) is 12.8 Å². The van der Waals surface area contributed by atoms with Crippen LogP contribution in [0.2, 0.25) is 0 Å². The Balaban J connectivity index is 3.21. The van der Waals surface area contributed by atoms with Crippen LogP contribution in [0.5, 0.6) is 0 Å². The molecular formula is C10H9FN2O4S. The molecule has 0 bridgehead atoms. The van der Waals surface area contributed by atoms with Crippen molar-refractivity contribution in [3.63, 3.8) is 0 Å². The zero-order valence-electron chi connectivity index (χ0n) is 9.29. The van der Waals surface area contributed by atoms with E-state index in [4.69, 9.17) is 10.4 Å². The first-order chi connectivity index (χ1) is 8.28. The van der Waals surface area contributed by atoms with Crippen molar-refractivity contribution >= 4 is 16.0 Å². The Morgan fingerprint density at radius 1 is 1.56 bits per heavy atom. The number of carbonyl (C=O) groups is 1. The first-order valence-corrected chi connectivity index (χ1v) is 6.11. The van der Waals surface area contributed by atoms with Crippen molar-refractivity contribution in [3.05, 3.63) is 29.6 Å². The number of rotatable bonds is 4. The Bertz CT molecular complexity index is 621. The molecule has 0 amide bonds. The molecule has 0 fully saturated rings. The lowest BCUT2D eigenvalue weighted by Crippen LogP contribution is -2.32. The van der Waals surface area contributed by atoms with Crippen molar-refractivity contribution in [2.24, 2.45) is 0 Å². The molecule has 1 rings (SSSR count). The molecule has 0 spiro atoms. The highest BCUT2D eigenvalue weighted by Crippen LogP contribution is 2.17. The molecule has 18 heavy (non-hydrogen) atoms. The van der Waals surface area contributed by atoms with Gasteiger partial charge in [-0.1, -0.05) is 0 Å². The minimum absolute atomic E-state index is 0.329. The van der Waals surface area contributed by atoms with Gasteiger partial charge < -0.3 is 5.11 Å². The van der Waals surface area contributed by atoms with E-state index in [1.54, 1.807) is 0 Å². The summed E-state index contributed by atoms with van der Waals surface area (Å²) in [6, 6.07) is 4.20. The van der Waals surface area contributed by atoms with Gasteiger partial charge in [0, 0.05) is 7.05 Å². The third-order valence-electron chi connectivity index (χ3n) is 2.12. The second-order valence-corrected chi connectivity index (χ2v) is 5.45. The molecule has 1 aromatic carbocycles. The predicted molar refractivity (Wildman–Crippen MR) is 58.6 cm³/mol. The summed E-state index contributed by atoms with van der Waals surface area (Å²) < 4.78 is 37.4. The molecule has 8 heteroatoms. The highest BCUT2D eigenvalue weighted by atomic mass is 32.2. The number of nitriles is 1. The summed E-state index contributed by atoms with van der Waals surface area (Å²) >= 11 is 0. The molecule has 6 nitrogen and oxygen atoms in total. The van der Waals surface area contributed by atoms with Crippen LogP contribution in [-0.2, 0) is 14.8 Å². The van der Waals surface area contributed by atoms with E-state index in [0.717, 1.165) is 25.2 Å². The predicted octanol–water partition coefficient (Wildman–Crippen LogP) is 0.402. The first-order valence-electron chi connectivity index (χ1n) is 4.67. The lowest BCUT2D eigenvalue weighted by Gasteiger charge is -2.14. The van der Waals surface area contributed by atoms with E-state index < -0.39 is 33.9 Å². The summed E-state index contributed by atoms with van der Waals surface area (Å²) in [4.78, 5) is 10.1. The van der Waals surface area contributed by atoms with Crippen molar-refractivity contribution in [3.8, 4) is 6.07 Å². The van der Waals surface area contributed by atoms with E-state index in [-0.39, 0.29) is 4.90 Å². The quantitative estimate of drug-likeness (QED) is 0.855.